The maximum Gasteiger partial charge on any atom is 0.0943 e. The number of rotatable bonds is 6. The van der Waals surface area contributed by atoms with Gasteiger partial charge in [0.15, 0.2) is 0 Å². The summed E-state index contributed by atoms with van der Waals surface area (Å²) in [5, 5.41) is 25.5. The van der Waals surface area contributed by atoms with Crippen molar-refractivity contribution in [2.75, 3.05) is 39.5 Å². The average Bonchev–Trinajstić information content (AvgIpc) is 2.71. The molecule has 17 heavy (non-hydrogen) atoms. The molecular formula is C10H21FeN3O3. The van der Waals surface area contributed by atoms with E-state index < -0.39 is 0 Å². The standard InChI is InChI=1S/C6H15NO3.C4H6N2.Fe/c8-4-1-7(2-5-9)3-6-10;1-6-3-2-5-4-6;/h8-10H,1-6H2;2-4H,1H3;. The Kier molecular flexibility index (Phi) is 15.2. The van der Waals surface area contributed by atoms with Gasteiger partial charge in [0.25, 0.3) is 0 Å². The summed E-state index contributed by atoms with van der Waals surface area (Å²) in [5.74, 6) is 0. The predicted octanol–water partition coefficient (Wildman–Crippen LogP) is -1.32. The average molecular weight is 287 g/mol. The zero-order valence-corrected chi connectivity index (χ0v) is 11.1. The van der Waals surface area contributed by atoms with Crippen LogP contribution >= 0.6 is 0 Å². The Morgan fingerprint density at radius 2 is 1.53 bits per heavy atom. The van der Waals surface area contributed by atoms with Gasteiger partial charge in [-0.25, -0.2) is 4.98 Å². The molecule has 0 aliphatic rings. The fourth-order valence-electron chi connectivity index (χ4n) is 1.09. The molecule has 0 radical (unpaired) electrons. The van der Waals surface area contributed by atoms with Crippen LogP contribution < -0.4 is 0 Å². The van der Waals surface area contributed by atoms with Crippen LogP contribution in [0.25, 0.3) is 0 Å². The van der Waals surface area contributed by atoms with Gasteiger partial charge in [0.2, 0.25) is 0 Å². The second-order valence-electron chi connectivity index (χ2n) is 3.24. The first-order chi connectivity index (χ1) is 7.74. The Labute approximate surface area is 112 Å². The minimum atomic E-state index is 0. The molecule has 1 aromatic rings. The van der Waals surface area contributed by atoms with E-state index >= 15 is 0 Å². The van der Waals surface area contributed by atoms with E-state index in [0.717, 1.165) is 0 Å². The number of aromatic nitrogens is 2. The molecule has 6 nitrogen and oxygen atoms in total. The maximum absolute atomic E-state index is 8.48. The molecule has 0 bridgehead atoms. The van der Waals surface area contributed by atoms with Crippen molar-refractivity contribution in [3.63, 3.8) is 0 Å². The van der Waals surface area contributed by atoms with E-state index in [1.807, 2.05) is 17.8 Å². The number of nitrogens with zero attached hydrogens (tertiary/aromatic N) is 3. The second kappa shape index (κ2) is 13.6. The SMILES string of the molecule is Cn1ccnc1.OCCN(CCO)CCO.[Fe]. The zero-order valence-electron chi connectivity index (χ0n) is 10.0. The van der Waals surface area contributed by atoms with Crippen LogP contribution in [0.1, 0.15) is 0 Å². The van der Waals surface area contributed by atoms with Gasteiger partial charge >= 0.3 is 0 Å². The van der Waals surface area contributed by atoms with E-state index in [-0.39, 0.29) is 36.9 Å². The Hall–Kier alpha value is -0.431. The Balaban J connectivity index is 0. The molecular weight excluding hydrogens is 266 g/mol. The van der Waals surface area contributed by atoms with Crippen LogP contribution in [0, 0.1) is 0 Å². The van der Waals surface area contributed by atoms with Gasteiger partial charge < -0.3 is 19.9 Å². The Morgan fingerprint density at radius 3 is 1.71 bits per heavy atom. The van der Waals surface area contributed by atoms with Gasteiger partial charge in [-0.05, 0) is 0 Å². The number of aliphatic hydroxyl groups excluding tert-OH is 3. The minimum absolute atomic E-state index is 0. The first-order valence-corrected chi connectivity index (χ1v) is 5.21. The van der Waals surface area contributed by atoms with Crippen molar-refractivity contribution >= 4 is 0 Å². The van der Waals surface area contributed by atoms with Crippen LogP contribution in [0.15, 0.2) is 18.7 Å². The third-order valence-corrected chi connectivity index (χ3v) is 1.89. The zero-order chi connectivity index (χ0) is 12.2. The van der Waals surface area contributed by atoms with Gasteiger partial charge in [0.1, 0.15) is 0 Å². The molecule has 0 atom stereocenters. The molecule has 0 unspecified atom stereocenters. The second-order valence-corrected chi connectivity index (χ2v) is 3.24. The number of aliphatic hydroxyl groups is 3. The van der Waals surface area contributed by atoms with Gasteiger partial charge in [-0.15, -0.1) is 0 Å². The maximum atomic E-state index is 8.48. The van der Waals surface area contributed by atoms with E-state index in [0.29, 0.717) is 19.6 Å². The molecule has 7 heteroatoms. The fourth-order valence-corrected chi connectivity index (χ4v) is 1.09. The number of aryl methyl sites for hydroxylation is 1. The van der Waals surface area contributed by atoms with Crippen molar-refractivity contribution in [1.82, 2.24) is 14.5 Å². The topological polar surface area (TPSA) is 81.8 Å². The molecule has 1 rings (SSSR count). The summed E-state index contributed by atoms with van der Waals surface area (Å²) in [6.45, 7) is 1.75. The summed E-state index contributed by atoms with van der Waals surface area (Å²) in [6.07, 6.45) is 5.39. The summed E-state index contributed by atoms with van der Waals surface area (Å²) in [7, 11) is 1.94. The van der Waals surface area contributed by atoms with E-state index in [1.54, 1.807) is 17.4 Å². The first-order valence-electron chi connectivity index (χ1n) is 5.21. The van der Waals surface area contributed by atoms with Gasteiger partial charge in [-0.3, -0.25) is 4.90 Å². The first kappa shape index (κ1) is 18.9. The predicted molar refractivity (Wildman–Crippen MR) is 60.9 cm³/mol. The number of hydrogen-bond donors (Lipinski definition) is 3. The van der Waals surface area contributed by atoms with Crippen LogP contribution in [0.2, 0.25) is 0 Å². The van der Waals surface area contributed by atoms with Crippen molar-refractivity contribution in [3.8, 4) is 0 Å². The van der Waals surface area contributed by atoms with Gasteiger partial charge in [0, 0.05) is 56.1 Å². The summed E-state index contributed by atoms with van der Waals surface area (Å²) < 4.78 is 1.89. The quantitative estimate of drug-likeness (QED) is 0.566. The molecule has 0 spiro atoms. The summed E-state index contributed by atoms with van der Waals surface area (Å²) >= 11 is 0. The van der Waals surface area contributed by atoms with Crippen LogP contribution in [-0.2, 0) is 24.1 Å². The molecule has 0 amide bonds. The minimum Gasteiger partial charge on any atom is -0.395 e. The van der Waals surface area contributed by atoms with Crippen LogP contribution in [-0.4, -0.2) is 69.2 Å². The van der Waals surface area contributed by atoms with Crippen molar-refractivity contribution < 1.29 is 32.4 Å². The summed E-state index contributed by atoms with van der Waals surface area (Å²) in [6, 6.07) is 0. The molecule has 1 aromatic heterocycles. The fraction of sp³-hybridized carbons (Fsp3) is 0.700. The number of hydrogen-bond acceptors (Lipinski definition) is 5. The third kappa shape index (κ3) is 11.8. The summed E-state index contributed by atoms with van der Waals surface area (Å²) in [5.41, 5.74) is 0. The van der Waals surface area contributed by atoms with Gasteiger partial charge in [0.05, 0.1) is 26.1 Å². The van der Waals surface area contributed by atoms with E-state index in [2.05, 4.69) is 4.98 Å². The van der Waals surface area contributed by atoms with E-state index in [9.17, 15) is 0 Å². The van der Waals surface area contributed by atoms with E-state index in [1.165, 1.54) is 0 Å². The van der Waals surface area contributed by atoms with Crippen molar-refractivity contribution in [1.29, 1.82) is 0 Å². The van der Waals surface area contributed by atoms with Gasteiger partial charge in [-0.1, -0.05) is 0 Å². The van der Waals surface area contributed by atoms with Crippen molar-refractivity contribution in [3.05, 3.63) is 18.7 Å². The molecule has 0 saturated heterocycles. The molecule has 0 aliphatic heterocycles. The molecule has 3 N–H and O–H groups in total. The molecule has 0 saturated carbocycles. The molecule has 0 aliphatic carbocycles. The Bertz CT molecular complexity index is 220. The van der Waals surface area contributed by atoms with Crippen LogP contribution in [0.4, 0.5) is 0 Å². The Morgan fingerprint density at radius 1 is 1.06 bits per heavy atom. The molecule has 0 aromatic carbocycles. The monoisotopic (exact) mass is 287 g/mol. The normalized spacial score (nSPS) is 9.47. The van der Waals surface area contributed by atoms with Crippen molar-refractivity contribution in [2.45, 2.75) is 0 Å². The smallest absolute Gasteiger partial charge is 0.0943 e. The molecule has 1 heterocycles. The third-order valence-electron chi connectivity index (χ3n) is 1.89. The van der Waals surface area contributed by atoms with E-state index in [4.69, 9.17) is 15.3 Å². The molecule has 102 valence electrons. The number of imidazole rings is 1. The van der Waals surface area contributed by atoms with Crippen molar-refractivity contribution in [2.24, 2.45) is 7.05 Å². The molecule has 0 fully saturated rings. The van der Waals surface area contributed by atoms with Gasteiger partial charge in [-0.2, -0.15) is 0 Å². The largest absolute Gasteiger partial charge is 0.395 e. The van der Waals surface area contributed by atoms with Crippen LogP contribution in [0.5, 0.6) is 0 Å². The summed E-state index contributed by atoms with van der Waals surface area (Å²) in [4.78, 5) is 5.58. The van der Waals surface area contributed by atoms with Crippen LogP contribution in [0.3, 0.4) is 0 Å².